The summed E-state index contributed by atoms with van der Waals surface area (Å²) in [7, 11) is 0. The third kappa shape index (κ3) is 6.57. The molecule has 2 amide bonds. The standard InChI is InChI=1S/C20H25N11O7S3/c1-2-9(17(34)35)38-26-10(13-24-19(22)41-27-13)14(32)23-11-15(33)31-12(18(36)37)8(6-39-16(11)31)7-40-20-25-28-29-30(20)5-3-4-21/h9,11,16H,2-7,21H2,1H3,(H,23,32)(H,34,35)(H,36,37)(H2,22,24,27)/b26-10+. The van der Waals surface area contributed by atoms with Crippen molar-refractivity contribution >= 4 is 69.7 Å². The number of amides is 2. The van der Waals surface area contributed by atoms with Crippen LogP contribution in [0.15, 0.2) is 21.6 Å². The van der Waals surface area contributed by atoms with Gasteiger partial charge in [0.25, 0.3) is 11.8 Å². The minimum atomic E-state index is -1.34. The molecule has 1 saturated heterocycles. The monoisotopic (exact) mass is 627 g/mol. The molecule has 21 heteroatoms. The van der Waals surface area contributed by atoms with E-state index in [9.17, 15) is 29.4 Å². The highest BCUT2D eigenvalue weighted by Gasteiger charge is 2.54. The highest BCUT2D eigenvalue weighted by molar-refractivity contribution is 8.01. The van der Waals surface area contributed by atoms with Crippen LogP contribution in [0.2, 0.25) is 0 Å². The first-order valence-corrected chi connectivity index (χ1v) is 14.8. The topological polar surface area (TPSA) is 267 Å². The number of nitrogen functional groups attached to an aromatic ring is 1. The number of carboxylic acids is 2. The Labute approximate surface area is 244 Å². The Balaban J connectivity index is 1.49. The van der Waals surface area contributed by atoms with Crippen LogP contribution in [0, 0.1) is 0 Å². The van der Waals surface area contributed by atoms with Crippen molar-refractivity contribution in [3.05, 3.63) is 17.1 Å². The maximum atomic E-state index is 13.1. The number of carbonyl (C=O) groups excluding carboxylic acids is 2. The number of aryl methyl sites for hydroxylation is 1. The Bertz CT molecular complexity index is 1390. The molecule has 7 N–H and O–H groups in total. The molecular weight excluding hydrogens is 602 g/mol. The van der Waals surface area contributed by atoms with E-state index in [1.165, 1.54) is 23.5 Å². The molecule has 0 spiro atoms. The van der Waals surface area contributed by atoms with E-state index in [0.717, 1.165) is 16.4 Å². The first-order chi connectivity index (χ1) is 19.7. The Morgan fingerprint density at radius 2 is 2.12 bits per heavy atom. The van der Waals surface area contributed by atoms with E-state index in [1.807, 2.05) is 0 Å². The minimum absolute atomic E-state index is 0.0227. The second-order valence-electron chi connectivity index (χ2n) is 8.47. The molecule has 2 aromatic heterocycles. The van der Waals surface area contributed by atoms with Crippen LogP contribution in [0.5, 0.6) is 0 Å². The molecule has 1 fully saturated rings. The fraction of sp³-hybridized carbons (Fsp3) is 0.500. The minimum Gasteiger partial charge on any atom is -0.478 e. The van der Waals surface area contributed by atoms with Gasteiger partial charge in [0.2, 0.25) is 22.8 Å². The second-order valence-corrected chi connectivity index (χ2v) is 11.3. The zero-order valence-electron chi connectivity index (χ0n) is 21.4. The number of tetrazole rings is 1. The van der Waals surface area contributed by atoms with Gasteiger partial charge in [0, 0.05) is 29.6 Å². The average Bonchev–Trinajstić information content (AvgIpc) is 3.58. The first kappa shape index (κ1) is 30.1. The third-order valence-corrected chi connectivity index (χ3v) is 8.70. The van der Waals surface area contributed by atoms with Crippen LogP contribution >= 0.6 is 35.1 Å². The summed E-state index contributed by atoms with van der Waals surface area (Å²) in [5.74, 6) is -3.88. The van der Waals surface area contributed by atoms with Crippen molar-refractivity contribution < 1.29 is 34.2 Å². The van der Waals surface area contributed by atoms with E-state index >= 15 is 0 Å². The summed E-state index contributed by atoms with van der Waals surface area (Å²) >= 11 is 3.29. The number of nitrogens with two attached hydrogens (primary N) is 2. The van der Waals surface area contributed by atoms with Gasteiger partial charge >= 0.3 is 11.9 Å². The summed E-state index contributed by atoms with van der Waals surface area (Å²) in [4.78, 5) is 59.8. The SMILES string of the molecule is CCC(O/N=C(/C(=O)NC1C(=O)N2C(C(=O)O)=C(CSc3nnnn3CCCN)CSC12)c1nsc(N)n1)C(=O)O. The predicted octanol–water partition coefficient (Wildman–Crippen LogP) is -1.43. The summed E-state index contributed by atoms with van der Waals surface area (Å²) < 4.78 is 5.50. The predicted molar refractivity (Wildman–Crippen MR) is 146 cm³/mol. The number of thioether (sulfide) groups is 2. The molecule has 2 aromatic rings. The molecule has 0 aromatic carbocycles. The van der Waals surface area contributed by atoms with E-state index < -0.39 is 47.0 Å². The van der Waals surface area contributed by atoms with Crippen LogP contribution in [-0.2, 0) is 30.6 Å². The number of hydrogen-bond donors (Lipinski definition) is 5. The van der Waals surface area contributed by atoms with Crippen LogP contribution in [0.4, 0.5) is 5.13 Å². The molecular formula is C20H25N11O7S3. The lowest BCUT2D eigenvalue weighted by Crippen LogP contribution is -2.71. The van der Waals surface area contributed by atoms with Crippen molar-refractivity contribution in [2.45, 2.75) is 49.0 Å². The number of carboxylic acid groups (broad SMARTS) is 2. The van der Waals surface area contributed by atoms with Gasteiger partial charge in [-0.15, -0.1) is 16.9 Å². The maximum absolute atomic E-state index is 13.1. The number of aromatic nitrogens is 6. The number of anilines is 1. The number of carbonyl (C=O) groups is 4. The molecule has 3 unspecified atom stereocenters. The Kier molecular flexibility index (Phi) is 9.73. The van der Waals surface area contributed by atoms with Crippen LogP contribution in [-0.4, -0.2) is 110 Å². The number of fused-ring (bicyclic) bond motifs is 1. The molecule has 4 heterocycles. The second kappa shape index (κ2) is 13.2. The molecule has 2 aliphatic rings. The summed E-state index contributed by atoms with van der Waals surface area (Å²) in [5.41, 5.74) is 11.0. The number of nitrogens with one attached hydrogen (secondary N) is 1. The van der Waals surface area contributed by atoms with Gasteiger partial charge in [0.05, 0.1) is 0 Å². The van der Waals surface area contributed by atoms with Crippen molar-refractivity contribution in [1.29, 1.82) is 0 Å². The number of β-lactam (4-membered cyclic amide) rings is 1. The van der Waals surface area contributed by atoms with Crippen molar-refractivity contribution in [2.24, 2.45) is 10.9 Å². The van der Waals surface area contributed by atoms with Crippen molar-refractivity contribution in [2.75, 3.05) is 23.8 Å². The molecule has 0 bridgehead atoms. The number of aliphatic carboxylic acids is 2. The number of nitrogens with zero attached hydrogens (tertiary/aromatic N) is 8. The fourth-order valence-electron chi connectivity index (χ4n) is 3.76. The van der Waals surface area contributed by atoms with Crippen LogP contribution < -0.4 is 16.8 Å². The highest BCUT2D eigenvalue weighted by atomic mass is 32.2. The van der Waals surface area contributed by atoms with Gasteiger partial charge in [-0.1, -0.05) is 23.8 Å². The van der Waals surface area contributed by atoms with Crippen LogP contribution in [0.1, 0.15) is 25.6 Å². The van der Waals surface area contributed by atoms with Crippen molar-refractivity contribution in [1.82, 2.24) is 39.8 Å². The van der Waals surface area contributed by atoms with E-state index in [-0.39, 0.29) is 34.6 Å². The average molecular weight is 628 g/mol. The zero-order chi connectivity index (χ0) is 29.7. The lowest BCUT2D eigenvalue weighted by Gasteiger charge is -2.49. The molecule has 2 aliphatic heterocycles. The number of hydrogen-bond acceptors (Lipinski definition) is 16. The van der Waals surface area contributed by atoms with Gasteiger partial charge in [-0.2, -0.15) is 9.36 Å². The molecule has 41 heavy (non-hydrogen) atoms. The van der Waals surface area contributed by atoms with E-state index in [1.54, 1.807) is 11.6 Å². The normalized spacial score (nSPS) is 19.4. The molecule has 0 aliphatic carbocycles. The van der Waals surface area contributed by atoms with Gasteiger partial charge in [-0.3, -0.25) is 14.5 Å². The molecule has 4 rings (SSSR count). The summed E-state index contributed by atoms with van der Waals surface area (Å²) in [6, 6.07) is -1.10. The Hall–Kier alpha value is -3.82. The summed E-state index contributed by atoms with van der Waals surface area (Å²) in [6.45, 7) is 2.52. The van der Waals surface area contributed by atoms with E-state index in [0.29, 0.717) is 30.2 Å². The Morgan fingerprint density at radius 3 is 2.76 bits per heavy atom. The van der Waals surface area contributed by atoms with Gasteiger partial charge in [0.1, 0.15) is 17.1 Å². The first-order valence-electron chi connectivity index (χ1n) is 12.0. The van der Waals surface area contributed by atoms with Gasteiger partial charge in [0.15, 0.2) is 5.13 Å². The molecule has 3 atom stereocenters. The van der Waals surface area contributed by atoms with Crippen molar-refractivity contribution in [3.63, 3.8) is 0 Å². The molecule has 0 radical (unpaired) electrons. The smallest absolute Gasteiger partial charge is 0.352 e. The summed E-state index contributed by atoms with van der Waals surface area (Å²) in [6.07, 6.45) is -0.617. The number of rotatable bonds is 14. The lowest BCUT2D eigenvalue weighted by molar-refractivity contribution is -0.151. The van der Waals surface area contributed by atoms with Crippen LogP contribution in [0.25, 0.3) is 0 Å². The summed E-state index contributed by atoms with van der Waals surface area (Å²) in [5, 5.41) is 36.7. The van der Waals surface area contributed by atoms with Crippen molar-refractivity contribution in [3.8, 4) is 0 Å². The third-order valence-electron chi connectivity index (χ3n) is 5.77. The van der Waals surface area contributed by atoms with E-state index in [2.05, 4.69) is 35.4 Å². The van der Waals surface area contributed by atoms with Gasteiger partial charge in [-0.05, 0) is 35.4 Å². The number of oxime groups is 1. The Morgan fingerprint density at radius 1 is 1.34 bits per heavy atom. The molecule has 220 valence electrons. The highest BCUT2D eigenvalue weighted by Crippen LogP contribution is 2.41. The van der Waals surface area contributed by atoms with E-state index in [4.69, 9.17) is 16.3 Å². The quantitative estimate of drug-likeness (QED) is 0.0695. The van der Waals surface area contributed by atoms with Gasteiger partial charge < -0.3 is 31.8 Å². The molecule has 0 saturated carbocycles. The largest absolute Gasteiger partial charge is 0.478 e. The maximum Gasteiger partial charge on any atom is 0.352 e. The lowest BCUT2D eigenvalue weighted by atomic mass is 10.0. The zero-order valence-corrected chi connectivity index (χ0v) is 23.8. The fourth-order valence-corrected chi connectivity index (χ4v) is 6.59. The van der Waals surface area contributed by atoms with Crippen LogP contribution in [0.3, 0.4) is 0 Å². The molecule has 18 nitrogen and oxygen atoms in total. The van der Waals surface area contributed by atoms with Gasteiger partial charge in [-0.25, -0.2) is 14.3 Å².